The third-order valence-corrected chi connectivity index (χ3v) is 4.48. The van der Waals surface area contributed by atoms with Crippen molar-refractivity contribution in [2.45, 2.75) is 50.9 Å². The van der Waals surface area contributed by atoms with Crippen LogP contribution >= 0.6 is 0 Å². The second kappa shape index (κ2) is 6.62. The van der Waals surface area contributed by atoms with Crippen molar-refractivity contribution in [2.24, 2.45) is 0 Å². The summed E-state index contributed by atoms with van der Waals surface area (Å²) >= 11 is 0. The molecule has 2 aliphatic rings. The van der Waals surface area contributed by atoms with Gasteiger partial charge in [0.2, 0.25) is 5.91 Å². The molecule has 2 fully saturated rings. The standard InChI is InChI=1S/C17H20N6O2/c24-16(10-22-11-18-20-21-22)23(15-7-8-15)9-12-1-3-13(4-2-12)17(25)19-14-5-6-14/h1-4,11,14-15H,5-10H2,(H,19,25). The normalized spacial score (nSPS) is 16.5. The molecule has 2 saturated carbocycles. The van der Waals surface area contributed by atoms with Gasteiger partial charge in [0, 0.05) is 24.2 Å². The first-order valence-electron chi connectivity index (χ1n) is 8.59. The Balaban J connectivity index is 1.39. The summed E-state index contributed by atoms with van der Waals surface area (Å²) in [6.07, 6.45) is 5.65. The van der Waals surface area contributed by atoms with Crippen molar-refractivity contribution in [3.05, 3.63) is 41.7 Å². The Hall–Kier alpha value is -2.77. The van der Waals surface area contributed by atoms with Crippen molar-refractivity contribution in [1.29, 1.82) is 0 Å². The maximum atomic E-state index is 12.5. The van der Waals surface area contributed by atoms with E-state index in [0.29, 0.717) is 24.2 Å². The minimum atomic E-state index is -0.0251. The monoisotopic (exact) mass is 340 g/mol. The third kappa shape index (κ3) is 4.01. The zero-order valence-electron chi connectivity index (χ0n) is 13.8. The molecule has 0 spiro atoms. The Morgan fingerprint density at radius 2 is 1.92 bits per heavy atom. The zero-order valence-corrected chi connectivity index (χ0v) is 13.8. The lowest BCUT2D eigenvalue weighted by Crippen LogP contribution is -2.35. The van der Waals surface area contributed by atoms with Crippen molar-refractivity contribution in [3.8, 4) is 0 Å². The summed E-state index contributed by atoms with van der Waals surface area (Å²) in [5, 5.41) is 13.8. The molecule has 0 radical (unpaired) electrons. The van der Waals surface area contributed by atoms with Crippen molar-refractivity contribution < 1.29 is 9.59 Å². The van der Waals surface area contributed by atoms with Crippen LogP contribution in [0.1, 0.15) is 41.6 Å². The van der Waals surface area contributed by atoms with Gasteiger partial charge < -0.3 is 10.2 Å². The Bertz CT molecular complexity index is 750. The molecule has 1 aromatic carbocycles. The van der Waals surface area contributed by atoms with Crippen molar-refractivity contribution in [3.63, 3.8) is 0 Å². The van der Waals surface area contributed by atoms with Crippen LogP contribution in [-0.4, -0.2) is 49.0 Å². The number of nitrogens with one attached hydrogen (secondary N) is 1. The van der Waals surface area contributed by atoms with Gasteiger partial charge in [-0.15, -0.1) is 5.10 Å². The number of carbonyl (C=O) groups is 2. The largest absolute Gasteiger partial charge is 0.349 e. The molecule has 4 rings (SSSR count). The molecule has 0 bridgehead atoms. The van der Waals surface area contributed by atoms with Crippen LogP contribution in [0.3, 0.4) is 0 Å². The molecule has 2 aliphatic carbocycles. The summed E-state index contributed by atoms with van der Waals surface area (Å²) in [6, 6.07) is 8.12. The highest BCUT2D eigenvalue weighted by molar-refractivity contribution is 5.94. The van der Waals surface area contributed by atoms with Gasteiger partial charge in [-0.3, -0.25) is 9.59 Å². The Labute approximate surface area is 145 Å². The lowest BCUT2D eigenvalue weighted by molar-refractivity contribution is -0.133. The number of nitrogens with zero attached hydrogens (tertiary/aromatic N) is 5. The summed E-state index contributed by atoms with van der Waals surface area (Å²) in [5.74, 6) is -0.0202. The summed E-state index contributed by atoms with van der Waals surface area (Å²) in [4.78, 5) is 26.5. The minimum absolute atomic E-state index is 0.00496. The third-order valence-electron chi connectivity index (χ3n) is 4.48. The molecule has 8 heteroatoms. The minimum Gasteiger partial charge on any atom is -0.349 e. The molecule has 0 aliphatic heterocycles. The van der Waals surface area contributed by atoms with Gasteiger partial charge in [-0.25, -0.2) is 4.68 Å². The van der Waals surface area contributed by atoms with E-state index in [2.05, 4.69) is 20.8 Å². The van der Waals surface area contributed by atoms with E-state index in [1.54, 1.807) is 0 Å². The van der Waals surface area contributed by atoms with Crippen LogP contribution in [0.4, 0.5) is 0 Å². The highest BCUT2D eigenvalue weighted by atomic mass is 16.2. The number of hydrogen-bond donors (Lipinski definition) is 1. The van der Waals surface area contributed by atoms with Crippen LogP contribution in [0, 0.1) is 0 Å². The van der Waals surface area contributed by atoms with E-state index in [-0.39, 0.29) is 18.4 Å². The fourth-order valence-electron chi connectivity index (χ4n) is 2.74. The van der Waals surface area contributed by atoms with E-state index in [0.717, 1.165) is 31.2 Å². The maximum absolute atomic E-state index is 12.5. The Morgan fingerprint density at radius 1 is 1.16 bits per heavy atom. The molecule has 1 N–H and O–H groups in total. The molecular formula is C17H20N6O2. The summed E-state index contributed by atoms with van der Waals surface area (Å²) < 4.78 is 1.43. The molecular weight excluding hydrogens is 320 g/mol. The smallest absolute Gasteiger partial charge is 0.251 e. The van der Waals surface area contributed by atoms with Crippen molar-refractivity contribution in [2.75, 3.05) is 0 Å². The number of tetrazole rings is 1. The van der Waals surface area contributed by atoms with Gasteiger partial charge in [-0.2, -0.15) is 0 Å². The summed E-state index contributed by atoms with van der Waals surface area (Å²) in [6.45, 7) is 0.682. The number of hydrogen-bond acceptors (Lipinski definition) is 5. The molecule has 0 saturated heterocycles. The molecule has 1 heterocycles. The highest BCUT2D eigenvalue weighted by Gasteiger charge is 2.32. The molecule has 2 aromatic rings. The maximum Gasteiger partial charge on any atom is 0.251 e. The molecule has 0 atom stereocenters. The van der Waals surface area contributed by atoms with E-state index in [1.165, 1.54) is 11.0 Å². The SMILES string of the molecule is O=C(NC1CC1)c1ccc(CN(C(=O)Cn2cnnn2)C2CC2)cc1. The first kappa shape index (κ1) is 15.7. The van der Waals surface area contributed by atoms with Gasteiger partial charge in [-0.1, -0.05) is 12.1 Å². The van der Waals surface area contributed by atoms with Crippen LogP contribution < -0.4 is 5.32 Å². The Morgan fingerprint density at radius 3 is 2.52 bits per heavy atom. The summed E-state index contributed by atoms with van der Waals surface area (Å²) in [5.41, 5.74) is 1.67. The van der Waals surface area contributed by atoms with Crippen LogP contribution in [0.25, 0.3) is 0 Å². The molecule has 130 valence electrons. The molecule has 25 heavy (non-hydrogen) atoms. The topological polar surface area (TPSA) is 93.0 Å². The Kier molecular flexibility index (Phi) is 4.17. The van der Waals surface area contributed by atoms with Crippen LogP contribution in [0.2, 0.25) is 0 Å². The van der Waals surface area contributed by atoms with Gasteiger partial charge >= 0.3 is 0 Å². The van der Waals surface area contributed by atoms with Gasteiger partial charge in [0.25, 0.3) is 5.91 Å². The molecule has 2 amide bonds. The molecule has 1 aromatic heterocycles. The fraction of sp³-hybridized carbons (Fsp3) is 0.471. The van der Waals surface area contributed by atoms with Gasteiger partial charge in [-0.05, 0) is 53.8 Å². The first-order valence-corrected chi connectivity index (χ1v) is 8.59. The zero-order chi connectivity index (χ0) is 17.2. The predicted molar refractivity (Wildman–Crippen MR) is 88.3 cm³/mol. The second-order valence-corrected chi connectivity index (χ2v) is 6.70. The van der Waals surface area contributed by atoms with Crippen LogP contribution in [0.15, 0.2) is 30.6 Å². The van der Waals surface area contributed by atoms with Crippen molar-refractivity contribution >= 4 is 11.8 Å². The van der Waals surface area contributed by atoms with Gasteiger partial charge in [0.15, 0.2) is 0 Å². The number of aromatic nitrogens is 4. The average molecular weight is 340 g/mol. The predicted octanol–water partition coefficient (Wildman–Crippen LogP) is 0.756. The fourth-order valence-corrected chi connectivity index (χ4v) is 2.74. The first-order chi connectivity index (χ1) is 12.2. The lowest BCUT2D eigenvalue weighted by Gasteiger charge is -2.22. The number of rotatable bonds is 7. The molecule has 0 unspecified atom stereocenters. The van der Waals surface area contributed by atoms with Crippen LogP contribution in [-0.2, 0) is 17.9 Å². The van der Waals surface area contributed by atoms with Gasteiger partial charge in [0.05, 0.1) is 0 Å². The van der Waals surface area contributed by atoms with Crippen molar-refractivity contribution in [1.82, 2.24) is 30.4 Å². The van der Waals surface area contributed by atoms with E-state index >= 15 is 0 Å². The van der Waals surface area contributed by atoms with E-state index < -0.39 is 0 Å². The van der Waals surface area contributed by atoms with E-state index in [4.69, 9.17) is 0 Å². The number of benzene rings is 1. The van der Waals surface area contributed by atoms with E-state index in [9.17, 15) is 9.59 Å². The lowest BCUT2D eigenvalue weighted by atomic mass is 10.1. The number of carbonyl (C=O) groups excluding carboxylic acids is 2. The molecule has 8 nitrogen and oxygen atoms in total. The van der Waals surface area contributed by atoms with Gasteiger partial charge in [0.1, 0.15) is 12.9 Å². The quantitative estimate of drug-likeness (QED) is 0.803. The highest BCUT2D eigenvalue weighted by Crippen LogP contribution is 2.28. The second-order valence-electron chi connectivity index (χ2n) is 6.70. The average Bonchev–Trinajstić information content (AvgIpc) is 3.54. The van der Waals surface area contributed by atoms with E-state index in [1.807, 2.05) is 29.2 Å². The van der Waals surface area contributed by atoms with Crippen LogP contribution in [0.5, 0.6) is 0 Å². The summed E-state index contributed by atoms with van der Waals surface area (Å²) in [7, 11) is 0. The number of amides is 2.